The average molecular weight is 291 g/mol. The van der Waals surface area contributed by atoms with Crippen LogP contribution in [0.4, 0.5) is 8.78 Å². The summed E-state index contributed by atoms with van der Waals surface area (Å²) in [5.74, 6) is -0.815. The zero-order valence-corrected chi connectivity index (χ0v) is 12.1. The van der Waals surface area contributed by atoms with Crippen molar-refractivity contribution in [2.24, 2.45) is 5.73 Å². The Kier molecular flexibility index (Phi) is 3.76. The second-order valence-electron chi connectivity index (χ2n) is 5.59. The van der Waals surface area contributed by atoms with Gasteiger partial charge < -0.3 is 5.73 Å². The molecule has 1 aliphatic carbocycles. The molecule has 5 heteroatoms. The highest BCUT2D eigenvalue weighted by atomic mass is 19.1. The molecule has 1 aromatic heterocycles. The summed E-state index contributed by atoms with van der Waals surface area (Å²) in [6, 6.07) is 3.90. The molecular weight excluding hydrogens is 272 g/mol. The summed E-state index contributed by atoms with van der Waals surface area (Å²) in [5, 5.41) is 4.41. The quantitative estimate of drug-likeness (QED) is 0.943. The molecule has 21 heavy (non-hydrogen) atoms. The van der Waals surface area contributed by atoms with Crippen molar-refractivity contribution in [2.75, 3.05) is 6.54 Å². The molecule has 0 saturated carbocycles. The molecule has 3 nitrogen and oxygen atoms in total. The lowest BCUT2D eigenvalue weighted by Crippen LogP contribution is -2.16. The number of fused-ring (bicyclic) bond motifs is 1. The lowest BCUT2D eigenvalue weighted by molar-refractivity contribution is 0.509. The minimum absolute atomic E-state index is 0.0738. The van der Waals surface area contributed by atoms with Crippen LogP contribution in [0.5, 0.6) is 0 Å². The summed E-state index contributed by atoms with van der Waals surface area (Å²) in [6.07, 6.45) is 3.75. The number of benzene rings is 1. The maximum atomic E-state index is 14.0. The van der Waals surface area contributed by atoms with E-state index >= 15 is 0 Å². The van der Waals surface area contributed by atoms with Gasteiger partial charge in [-0.15, -0.1) is 0 Å². The second-order valence-corrected chi connectivity index (χ2v) is 5.59. The van der Waals surface area contributed by atoms with Crippen molar-refractivity contribution in [3.8, 4) is 5.69 Å². The van der Waals surface area contributed by atoms with Gasteiger partial charge >= 0.3 is 0 Å². The smallest absolute Gasteiger partial charge is 0.151 e. The van der Waals surface area contributed by atoms with Crippen LogP contribution in [0.2, 0.25) is 0 Å². The lowest BCUT2D eigenvalue weighted by Gasteiger charge is -2.23. The predicted octanol–water partition coefficient (Wildman–Crippen LogP) is 3.23. The molecule has 3 rings (SSSR count). The molecule has 0 amide bonds. The summed E-state index contributed by atoms with van der Waals surface area (Å²) in [5.41, 5.74) is 8.53. The highest BCUT2D eigenvalue weighted by Crippen LogP contribution is 2.37. The van der Waals surface area contributed by atoms with Gasteiger partial charge in [-0.05, 0) is 62.8 Å². The van der Waals surface area contributed by atoms with E-state index < -0.39 is 11.6 Å². The van der Waals surface area contributed by atoms with Crippen LogP contribution in [0.15, 0.2) is 18.2 Å². The van der Waals surface area contributed by atoms with Gasteiger partial charge in [0.15, 0.2) is 11.6 Å². The van der Waals surface area contributed by atoms with E-state index in [0.717, 1.165) is 42.6 Å². The van der Waals surface area contributed by atoms with Gasteiger partial charge in [0.2, 0.25) is 0 Å². The van der Waals surface area contributed by atoms with Crippen molar-refractivity contribution in [1.29, 1.82) is 0 Å². The molecule has 2 aromatic rings. The molecule has 1 unspecified atom stereocenters. The predicted molar refractivity (Wildman–Crippen MR) is 77.6 cm³/mol. The minimum Gasteiger partial charge on any atom is -0.330 e. The fraction of sp³-hybridized carbons (Fsp3) is 0.438. The number of halogens is 2. The first-order valence-electron chi connectivity index (χ1n) is 7.36. The Morgan fingerprint density at radius 3 is 2.71 bits per heavy atom. The van der Waals surface area contributed by atoms with Gasteiger partial charge in [-0.3, -0.25) is 0 Å². The Morgan fingerprint density at radius 1 is 1.33 bits per heavy atom. The number of nitrogens with zero attached hydrogens (tertiary/aromatic N) is 2. The summed E-state index contributed by atoms with van der Waals surface area (Å²) in [6.45, 7) is 2.52. The highest BCUT2D eigenvalue weighted by molar-refractivity contribution is 5.42. The zero-order chi connectivity index (χ0) is 15.0. The molecule has 1 aliphatic rings. The first kappa shape index (κ1) is 14.2. The van der Waals surface area contributed by atoms with Crippen molar-refractivity contribution in [2.45, 2.75) is 38.5 Å². The standard InChI is InChI=1S/C16H19F2N3/c1-10-15-11(8-9-19)4-2-7-14(15)21(20-10)16-12(17)5-3-6-13(16)18/h3,5-6,11H,2,4,7-9,19H2,1H3. The van der Waals surface area contributed by atoms with Crippen molar-refractivity contribution in [1.82, 2.24) is 9.78 Å². The van der Waals surface area contributed by atoms with Gasteiger partial charge in [0.05, 0.1) is 5.69 Å². The molecule has 0 radical (unpaired) electrons. The Balaban J connectivity index is 2.16. The molecule has 1 atom stereocenters. The molecule has 1 aromatic carbocycles. The van der Waals surface area contributed by atoms with E-state index in [1.165, 1.54) is 22.9 Å². The monoisotopic (exact) mass is 291 g/mol. The summed E-state index contributed by atoms with van der Waals surface area (Å²) < 4.78 is 29.5. The lowest BCUT2D eigenvalue weighted by atomic mass is 9.83. The molecular formula is C16H19F2N3. The summed E-state index contributed by atoms with van der Waals surface area (Å²) in [7, 11) is 0. The van der Waals surface area contributed by atoms with E-state index in [1.54, 1.807) is 0 Å². The third-order valence-electron chi connectivity index (χ3n) is 4.25. The fourth-order valence-electron chi connectivity index (χ4n) is 3.39. The van der Waals surface area contributed by atoms with Gasteiger partial charge in [-0.25, -0.2) is 13.5 Å². The number of para-hydroxylation sites is 1. The van der Waals surface area contributed by atoms with Gasteiger partial charge in [-0.1, -0.05) is 6.07 Å². The van der Waals surface area contributed by atoms with E-state index in [1.807, 2.05) is 6.92 Å². The normalized spacial score (nSPS) is 17.8. The average Bonchev–Trinajstić information content (AvgIpc) is 2.78. The van der Waals surface area contributed by atoms with E-state index in [0.29, 0.717) is 12.5 Å². The SMILES string of the molecule is Cc1nn(-c2c(F)cccc2F)c2c1C(CCN)CCC2. The van der Waals surface area contributed by atoms with Crippen LogP contribution in [0.25, 0.3) is 5.69 Å². The van der Waals surface area contributed by atoms with Gasteiger partial charge in [0.25, 0.3) is 0 Å². The topological polar surface area (TPSA) is 43.8 Å². The van der Waals surface area contributed by atoms with Crippen LogP contribution in [0.1, 0.15) is 42.1 Å². The molecule has 0 fully saturated rings. The van der Waals surface area contributed by atoms with Gasteiger partial charge in [0, 0.05) is 5.69 Å². The largest absolute Gasteiger partial charge is 0.330 e. The molecule has 1 heterocycles. The molecule has 112 valence electrons. The first-order valence-corrected chi connectivity index (χ1v) is 7.36. The van der Waals surface area contributed by atoms with Gasteiger partial charge in [-0.2, -0.15) is 5.10 Å². The summed E-state index contributed by atoms with van der Waals surface area (Å²) >= 11 is 0. The minimum atomic E-state index is -0.582. The highest BCUT2D eigenvalue weighted by Gasteiger charge is 2.28. The van der Waals surface area contributed by atoms with E-state index in [2.05, 4.69) is 5.10 Å². The first-order chi connectivity index (χ1) is 10.1. The van der Waals surface area contributed by atoms with Crippen LogP contribution in [-0.2, 0) is 6.42 Å². The Bertz CT molecular complexity index is 644. The zero-order valence-electron chi connectivity index (χ0n) is 12.1. The number of hydrogen-bond donors (Lipinski definition) is 1. The molecule has 0 spiro atoms. The third-order valence-corrected chi connectivity index (χ3v) is 4.25. The molecule has 0 saturated heterocycles. The second kappa shape index (κ2) is 5.56. The number of nitrogens with two attached hydrogens (primary N) is 1. The Hall–Kier alpha value is -1.75. The van der Waals surface area contributed by atoms with Crippen molar-refractivity contribution in [3.05, 3.63) is 46.8 Å². The Morgan fingerprint density at radius 2 is 2.05 bits per heavy atom. The molecule has 0 aliphatic heterocycles. The number of hydrogen-bond acceptors (Lipinski definition) is 2. The van der Waals surface area contributed by atoms with E-state index in [4.69, 9.17) is 5.73 Å². The van der Waals surface area contributed by atoms with Crippen LogP contribution in [-0.4, -0.2) is 16.3 Å². The van der Waals surface area contributed by atoms with E-state index in [9.17, 15) is 8.78 Å². The number of rotatable bonds is 3. The summed E-state index contributed by atoms with van der Waals surface area (Å²) in [4.78, 5) is 0. The maximum Gasteiger partial charge on any atom is 0.151 e. The molecule has 0 bridgehead atoms. The van der Waals surface area contributed by atoms with Crippen LogP contribution < -0.4 is 5.73 Å². The van der Waals surface area contributed by atoms with Crippen molar-refractivity contribution >= 4 is 0 Å². The number of aryl methyl sites for hydroxylation is 1. The third kappa shape index (κ3) is 2.35. The van der Waals surface area contributed by atoms with Crippen molar-refractivity contribution < 1.29 is 8.78 Å². The molecule has 2 N–H and O–H groups in total. The van der Waals surface area contributed by atoms with Crippen LogP contribution >= 0.6 is 0 Å². The van der Waals surface area contributed by atoms with Gasteiger partial charge in [0.1, 0.15) is 5.69 Å². The van der Waals surface area contributed by atoms with E-state index in [-0.39, 0.29) is 5.69 Å². The van der Waals surface area contributed by atoms with Crippen LogP contribution in [0.3, 0.4) is 0 Å². The Labute approximate surface area is 122 Å². The fourth-order valence-corrected chi connectivity index (χ4v) is 3.39. The van der Waals surface area contributed by atoms with Crippen molar-refractivity contribution in [3.63, 3.8) is 0 Å². The number of aromatic nitrogens is 2. The maximum absolute atomic E-state index is 14.0. The van der Waals surface area contributed by atoms with Crippen LogP contribution in [0, 0.1) is 18.6 Å².